The molecule has 0 aromatic heterocycles. The first kappa shape index (κ1) is 20.1. The number of benzene rings is 2. The van der Waals surface area contributed by atoms with E-state index in [4.69, 9.17) is 14.2 Å². The summed E-state index contributed by atoms with van der Waals surface area (Å²) in [6.45, 7) is 2.98. The first-order valence-electron chi connectivity index (χ1n) is 9.00. The van der Waals surface area contributed by atoms with Crippen molar-refractivity contribution in [3.63, 3.8) is 0 Å². The number of thioether (sulfide) groups is 1. The summed E-state index contributed by atoms with van der Waals surface area (Å²) in [4.78, 5) is 16.7. The van der Waals surface area contributed by atoms with Gasteiger partial charge in [0.2, 0.25) is 5.91 Å². The van der Waals surface area contributed by atoms with Gasteiger partial charge in [-0.15, -0.1) is 0 Å². The molecule has 0 aliphatic carbocycles. The molecule has 0 bridgehead atoms. The Morgan fingerprint density at radius 3 is 2.79 bits per heavy atom. The lowest BCUT2D eigenvalue weighted by molar-refractivity contribution is -0.118. The molecule has 28 heavy (non-hydrogen) atoms. The van der Waals surface area contributed by atoms with Crippen LogP contribution in [0.4, 0.5) is 5.69 Å². The summed E-state index contributed by atoms with van der Waals surface area (Å²) < 4.78 is 16.3. The number of hydrogen-bond acceptors (Lipinski definition) is 6. The van der Waals surface area contributed by atoms with E-state index in [1.54, 1.807) is 14.2 Å². The number of fused-ring (bicyclic) bond motifs is 1. The van der Waals surface area contributed by atoms with Gasteiger partial charge >= 0.3 is 0 Å². The standard InChI is InChI=1S/C21H24N2O4S/c1-14-4-6-16-18(10-14)27-12-21(23-16)28-13-20(24)22-9-8-15-5-7-17(25-2)19(11-15)26-3/h4-7,10-11H,8-9,12-13H2,1-3H3,(H,22,24). The molecule has 2 aromatic rings. The monoisotopic (exact) mass is 400 g/mol. The largest absolute Gasteiger partial charge is 0.493 e. The molecule has 6 nitrogen and oxygen atoms in total. The maximum atomic E-state index is 12.1. The van der Waals surface area contributed by atoms with Gasteiger partial charge in [-0.05, 0) is 48.7 Å². The topological polar surface area (TPSA) is 69.2 Å². The normalized spacial score (nSPS) is 12.5. The molecule has 1 aliphatic rings. The van der Waals surface area contributed by atoms with Gasteiger partial charge in [-0.25, -0.2) is 4.99 Å². The number of nitrogens with zero attached hydrogens (tertiary/aromatic N) is 1. The van der Waals surface area contributed by atoms with Crippen molar-refractivity contribution in [3.05, 3.63) is 47.5 Å². The first-order chi connectivity index (χ1) is 13.6. The highest BCUT2D eigenvalue weighted by atomic mass is 32.2. The van der Waals surface area contributed by atoms with Crippen molar-refractivity contribution in [1.82, 2.24) is 5.32 Å². The van der Waals surface area contributed by atoms with Crippen molar-refractivity contribution in [2.75, 3.05) is 33.1 Å². The van der Waals surface area contributed by atoms with Crippen LogP contribution in [0.15, 0.2) is 41.4 Å². The van der Waals surface area contributed by atoms with Crippen LogP contribution in [0, 0.1) is 6.92 Å². The molecule has 0 atom stereocenters. The second kappa shape index (κ2) is 9.50. The summed E-state index contributed by atoms with van der Waals surface area (Å²) in [5, 5.41) is 3.75. The zero-order valence-electron chi connectivity index (χ0n) is 16.3. The maximum Gasteiger partial charge on any atom is 0.230 e. The number of amides is 1. The summed E-state index contributed by atoms with van der Waals surface area (Å²) in [6.07, 6.45) is 0.716. The van der Waals surface area contributed by atoms with Crippen LogP contribution in [0.2, 0.25) is 0 Å². The Labute approximate surface area is 169 Å². The quantitative estimate of drug-likeness (QED) is 0.770. The third-order valence-electron chi connectivity index (χ3n) is 4.27. The van der Waals surface area contributed by atoms with Gasteiger partial charge in [-0.3, -0.25) is 4.79 Å². The molecule has 0 saturated carbocycles. The van der Waals surface area contributed by atoms with E-state index in [2.05, 4.69) is 10.3 Å². The van der Waals surface area contributed by atoms with Crippen LogP contribution >= 0.6 is 11.8 Å². The van der Waals surface area contributed by atoms with E-state index >= 15 is 0 Å². The Kier molecular flexibility index (Phi) is 6.81. The molecule has 0 fully saturated rings. The van der Waals surface area contributed by atoms with Gasteiger partial charge in [-0.2, -0.15) is 0 Å². The van der Waals surface area contributed by atoms with E-state index in [1.165, 1.54) is 11.8 Å². The predicted molar refractivity (Wildman–Crippen MR) is 112 cm³/mol. The fourth-order valence-electron chi connectivity index (χ4n) is 2.79. The summed E-state index contributed by atoms with van der Waals surface area (Å²) in [7, 11) is 3.22. The van der Waals surface area contributed by atoms with Gasteiger partial charge in [-0.1, -0.05) is 23.9 Å². The Morgan fingerprint density at radius 1 is 1.18 bits per heavy atom. The van der Waals surface area contributed by atoms with E-state index in [0.29, 0.717) is 36.8 Å². The summed E-state index contributed by atoms with van der Waals surface area (Å²) >= 11 is 1.41. The molecule has 7 heteroatoms. The second-order valence-corrected chi connectivity index (χ2v) is 7.39. The van der Waals surface area contributed by atoms with Gasteiger partial charge in [0.25, 0.3) is 0 Å². The van der Waals surface area contributed by atoms with Crippen LogP contribution in [0.1, 0.15) is 11.1 Å². The number of ether oxygens (including phenoxy) is 3. The van der Waals surface area contributed by atoms with Crippen LogP contribution in [0.3, 0.4) is 0 Å². The van der Waals surface area contributed by atoms with E-state index in [-0.39, 0.29) is 5.91 Å². The first-order valence-corrected chi connectivity index (χ1v) is 9.99. The van der Waals surface area contributed by atoms with Crippen molar-refractivity contribution >= 4 is 28.4 Å². The van der Waals surface area contributed by atoms with E-state index in [0.717, 1.165) is 27.6 Å². The van der Waals surface area contributed by atoms with Crippen molar-refractivity contribution in [2.24, 2.45) is 4.99 Å². The molecule has 0 unspecified atom stereocenters. The predicted octanol–water partition coefficient (Wildman–Crippen LogP) is 3.53. The van der Waals surface area contributed by atoms with Crippen LogP contribution in [-0.2, 0) is 11.2 Å². The Bertz CT molecular complexity index is 883. The molecule has 1 N–H and O–H groups in total. The SMILES string of the molecule is COc1ccc(CCNC(=O)CSC2=Nc3ccc(C)cc3OC2)cc1OC. The minimum Gasteiger partial charge on any atom is -0.493 e. The van der Waals surface area contributed by atoms with Gasteiger partial charge in [0, 0.05) is 6.54 Å². The molecule has 0 radical (unpaired) electrons. The smallest absolute Gasteiger partial charge is 0.230 e. The Hall–Kier alpha value is -2.67. The van der Waals surface area contributed by atoms with E-state index in [1.807, 2.05) is 43.3 Å². The van der Waals surface area contributed by atoms with E-state index < -0.39 is 0 Å². The van der Waals surface area contributed by atoms with E-state index in [9.17, 15) is 4.79 Å². The molecule has 0 spiro atoms. The number of methoxy groups -OCH3 is 2. The van der Waals surface area contributed by atoms with Crippen molar-refractivity contribution in [3.8, 4) is 17.2 Å². The minimum atomic E-state index is -0.0251. The molecule has 1 aliphatic heterocycles. The summed E-state index contributed by atoms with van der Waals surface area (Å²) in [5.74, 6) is 2.47. The van der Waals surface area contributed by atoms with Crippen LogP contribution in [0.25, 0.3) is 0 Å². The maximum absolute atomic E-state index is 12.1. The van der Waals surface area contributed by atoms with Gasteiger partial charge < -0.3 is 19.5 Å². The van der Waals surface area contributed by atoms with Crippen molar-refractivity contribution in [2.45, 2.75) is 13.3 Å². The third kappa shape index (κ3) is 5.19. The number of hydrogen-bond donors (Lipinski definition) is 1. The molecular weight excluding hydrogens is 376 g/mol. The van der Waals surface area contributed by atoms with Crippen molar-refractivity contribution < 1.29 is 19.0 Å². The molecule has 1 amide bonds. The lowest BCUT2D eigenvalue weighted by Crippen LogP contribution is -2.28. The fourth-order valence-corrected chi connectivity index (χ4v) is 3.50. The zero-order valence-corrected chi connectivity index (χ0v) is 17.1. The van der Waals surface area contributed by atoms with Gasteiger partial charge in [0.1, 0.15) is 23.1 Å². The second-order valence-electron chi connectivity index (χ2n) is 6.34. The van der Waals surface area contributed by atoms with Crippen LogP contribution < -0.4 is 19.5 Å². The van der Waals surface area contributed by atoms with Crippen molar-refractivity contribution in [1.29, 1.82) is 0 Å². The number of carbonyl (C=O) groups is 1. The molecule has 0 saturated heterocycles. The highest BCUT2D eigenvalue weighted by Gasteiger charge is 2.15. The van der Waals surface area contributed by atoms with Crippen LogP contribution in [0.5, 0.6) is 17.2 Å². The average molecular weight is 401 g/mol. The average Bonchev–Trinajstić information content (AvgIpc) is 2.72. The number of carbonyl (C=O) groups excluding carboxylic acids is 1. The zero-order chi connectivity index (χ0) is 19.9. The number of nitrogens with one attached hydrogen (secondary N) is 1. The Morgan fingerprint density at radius 2 is 2.00 bits per heavy atom. The Balaban J connectivity index is 1.45. The fraction of sp³-hybridized carbons (Fsp3) is 0.333. The lowest BCUT2D eigenvalue weighted by Gasteiger charge is -2.16. The number of aryl methyl sites for hydroxylation is 1. The van der Waals surface area contributed by atoms with Gasteiger partial charge in [0.15, 0.2) is 11.5 Å². The molecular formula is C21H24N2O4S. The van der Waals surface area contributed by atoms with Gasteiger partial charge in [0.05, 0.1) is 20.0 Å². The summed E-state index contributed by atoms with van der Waals surface area (Å²) in [5.41, 5.74) is 3.02. The third-order valence-corrected chi connectivity index (χ3v) is 5.21. The minimum absolute atomic E-state index is 0.0251. The van der Waals surface area contributed by atoms with Crippen LogP contribution in [-0.4, -0.2) is 44.1 Å². The molecule has 148 valence electrons. The molecule has 3 rings (SSSR count). The highest BCUT2D eigenvalue weighted by Crippen LogP contribution is 2.33. The molecule has 2 aromatic carbocycles. The number of aliphatic imine (C=N–C) groups is 1. The summed E-state index contributed by atoms with van der Waals surface area (Å²) in [6, 6.07) is 11.7. The lowest BCUT2D eigenvalue weighted by atomic mass is 10.1. The number of rotatable bonds is 7. The molecule has 1 heterocycles. The highest BCUT2D eigenvalue weighted by molar-refractivity contribution is 8.14.